The van der Waals surface area contributed by atoms with Crippen LogP contribution in [0.4, 0.5) is 5.69 Å². The number of likely N-dealkylation sites (N-methyl/N-ethyl adjacent to an activating group) is 1. The van der Waals surface area contributed by atoms with Gasteiger partial charge in [0.15, 0.2) is 0 Å². The Hall–Kier alpha value is -1.22. The highest BCUT2D eigenvalue weighted by Gasteiger charge is 1.97. The lowest BCUT2D eigenvalue weighted by atomic mass is 10.1. The number of hydrogen-bond donors (Lipinski definition) is 1. The third-order valence-corrected chi connectivity index (χ3v) is 2.71. The van der Waals surface area contributed by atoms with Crippen LogP contribution in [0, 0.1) is 5.92 Å². The van der Waals surface area contributed by atoms with Gasteiger partial charge in [0.05, 0.1) is 6.61 Å². The van der Waals surface area contributed by atoms with Crippen LogP contribution in [-0.2, 0) is 0 Å². The van der Waals surface area contributed by atoms with E-state index in [1.165, 1.54) is 0 Å². The Morgan fingerprint density at radius 2 is 1.83 bits per heavy atom. The summed E-state index contributed by atoms with van der Waals surface area (Å²) < 4.78 is 5.68. The maximum Gasteiger partial charge on any atom is 0.119 e. The van der Waals surface area contributed by atoms with E-state index in [4.69, 9.17) is 4.74 Å². The third kappa shape index (κ3) is 6.50. The Balaban J connectivity index is 2.28. The molecule has 3 nitrogen and oxygen atoms in total. The third-order valence-electron chi connectivity index (χ3n) is 2.71. The molecule has 0 heterocycles. The fourth-order valence-electron chi connectivity index (χ4n) is 1.51. The van der Waals surface area contributed by atoms with Crippen molar-refractivity contribution in [3.05, 3.63) is 24.3 Å². The standard InChI is InChI=1S/C15H26N2O/c1-13(2)9-12-18-15-7-5-14(6-8-15)16-10-11-17(3)4/h5-8,13,16H,9-12H2,1-4H3. The van der Waals surface area contributed by atoms with E-state index in [1.54, 1.807) is 0 Å². The van der Waals surface area contributed by atoms with Crippen LogP contribution >= 0.6 is 0 Å². The molecule has 0 saturated heterocycles. The highest BCUT2D eigenvalue weighted by Crippen LogP contribution is 2.16. The molecule has 0 aliphatic heterocycles. The van der Waals surface area contributed by atoms with Gasteiger partial charge in [-0.2, -0.15) is 0 Å². The number of nitrogens with one attached hydrogen (secondary N) is 1. The number of ether oxygens (including phenoxy) is 1. The normalized spacial score (nSPS) is 11.0. The van der Waals surface area contributed by atoms with Crippen LogP contribution in [0.1, 0.15) is 20.3 Å². The summed E-state index contributed by atoms with van der Waals surface area (Å²) in [5.41, 5.74) is 1.15. The summed E-state index contributed by atoms with van der Waals surface area (Å²) >= 11 is 0. The monoisotopic (exact) mass is 250 g/mol. The molecule has 18 heavy (non-hydrogen) atoms. The second kappa shape index (κ2) is 7.98. The van der Waals surface area contributed by atoms with E-state index in [0.29, 0.717) is 5.92 Å². The van der Waals surface area contributed by atoms with Crippen molar-refractivity contribution in [2.24, 2.45) is 5.92 Å². The molecule has 0 spiro atoms. The van der Waals surface area contributed by atoms with Gasteiger partial charge in [-0.1, -0.05) is 13.8 Å². The Labute approximate surface area is 111 Å². The van der Waals surface area contributed by atoms with Gasteiger partial charge in [0.1, 0.15) is 5.75 Å². The van der Waals surface area contributed by atoms with E-state index in [9.17, 15) is 0 Å². The molecule has 1 aromatic rings. The minimum Gasteiger partial charge on any atom is -0.494 e. The molecule has 0 aliphatic rings. The van der Waals surface area contributed by atoms with Gasteiger partial charge in [0, 0.05) is 18.8 Å². The second-order valence-electron chi connectivity index (χ2n) is 5.29. The van der Waals surface area contributed by atoms with Gasteiger partial charge in [-0.25, -0.2) is 0 Å². The molecule has 0 aliphatic carbocycles. The summed E-state index contributed by atoms with van der Waals surface area (Å²) in [6, 6.07) is 8.19. The number of hydrogen-bond acceptors (Lipinski definition) is 3. The van der Waals surface area contributed by atoms with E-state index in [0.717, 1.165) is 37.6 Å². The number of benzene rings is 1. The second-order valence-corrected chi connectivity index (χ2v) is 5.29. The first-order valence-electron chi connectivity index (χ1n) is 6.69. The highest BCUT2D eigenvalue weighted by atomic mass is 16.5. The summed E-state index contributed by atoms with van der Waals surface area (Å²) in [5.74, 6) is 1.64. The largest absolute Gasteiger partial charge is 0.494 e. The first-order chi connectivity index (χ1) is 8.58. The predicted molar refractivity (Wildman–Crippen MR) is 78.4 cm³/mol. The van der Waals surface area contributed by atoms with Gasteiger partial charge < -0.3 is 15.0 Å². The molecule has 0 fully saturated rings. The number of rotatable bonds is 8. The SMILES string of the molecule is CC(C)CCOc1ccc(NCCN(C)C)cc1. The van der Waals surface area contributed by atoms with Crippen molar-refractivity contribution in [1.82, 2.24) is 4.90 Å². The Bertz CT molecular complexity index is 287. The van der Waals surface area contributed by atoms with E-state index in [-0.39, 0.29) is 0 Å². The summed E-state index contributed by atoms with van der Waals surface area (Å²) in [7, 11) is 4.15. The van der Waals surface area contributed by atoms with E-state index in [2.05, 4.69) is 50.3 Å². The number of nitrogens with zero attached hydrogens (tertiary/aromatic N) is 1. The molecule has 0 saturated carbocycles. The van der Waals surface area contributed by atoms with E-state index < -0.39 is 0 Å². The minimum absolute atomic E-state index is 0.692. The Morgan fingerprint density at radius 3 is 2.39 bits per heavy atom. The maximum atomic E-state index is 5.68. The van der Waals surface area contributed by atoms with E-state index >= 15 is 0 Å². The van der Waals surface area contributed by atoms with Crippen molar-refractivity contribution in [3.63, 3.8) is 0 Å². The summed E-state index contributed by atoms with van der Waals surface area (Å²) in [4.78, 5) is 2.16. The lowest BCUT2D eigenvalue weighted by Gasteiger charge is -2.12. The maximum absolute atomic E-state index is 5.68. The average Bonchev–Trinajstić information content (AvgIpc) is 2.30. The smallest absolute Gasteiger partial charge is 0.119 e. The zero-order valence-corrected chi connectivity index (χ0v) is 12.1. The Morgan fingerprint density at radius 1 is 1.17 bits per heavy atom. The van der Waals surface area contributed by atoms with Gasteiger partial charge >= 0.3 is 0 Å². The van der Waals surface area contributed by atoms with E-state index in [1.807, 2.05) is 12.1 Å². The molecule has 0 atom stereocenters. The van der Waals surface area contributed by atoms with Crippen LogP contribution < -0.4 is 10.1 Å². The van der Waals surface area contributed by atoms with Crippen molar-refractivity contribution >= 4 is 5.69 Å². The summed E-state index contributed by atoms with van der Waals surface area (Å²) in [6.07, 6.45) is 1.10. The molecule has 3 heteroatoms. The fraction of sp³-hybridized carbons (Fsp3) is 0.600. The lowest BCUT2D eigenvalue weighted by Crippen LogP contribution is -2.20. The Kier molecular flexibility index (Phi) is 6.58. The predicted octanol–water partition coefficient (Wildman–Crippen LogP) is 3.09. The molecule has 0 unspecified atom stereocenters. The topological polar surface area (TPSA) is 24.5 Å². The van der Waals surface area contributed by atoms with Crippen LogP contribution in [0.3, 0.4) is 0 Å². The van der Waals surface area contributed by atoms with Crippen molar-refractivity contribution < 1.29 is 4.74 Å². The van der Waals surface area contributed by atoms with Crippen LogP contribution in [-0.4, -0.2) is 38.7 Å². The van der Waals surface area contributed by atoms with Gasteiger partial charge in [-0.05, 0) is 50.7 Å². The molecule has 0 bridgehead atoms. The first-order valence-corrected chi connectivity index (χ1v) is 6.69. The summed E-state index contributed by atoms with van der Waals surface area (Å²) in [6.45, 7) is 7.21. The number of anilines is 1. The molecule has 1 rings (SSSR count). The fourth-order valence-corrected chi connectivity index (χ4v) is 1.51. The van der Waals surface area contributed by atoms with Gasteiger partial charge in [-0.3, -0.25) is 0 Å². The van der Waals surface area contributed by atoms with Crippen molar-refractivity contribution in [2.45, 2.75) is 20.3 Å². The molecule has 0 radical (unpaired) electrons. The molecule has 0 amide bonds. The van der Waals surface area contributed by atoms with Crippen molar-refractivity contribution in [1.29, 1.82) is 0 Å². The van der Waals surface area contributed by atoms with Crippen LogP contribution in [0.15, 0.2) is 24.3 Å². The highest BCUT2D eigenvalue weighted by molar-refractivity contribution is 5.46. The van der Waals surface area contributed by atoms with Crippen LogP contribution in [0.5, 0.6) is 5.75 Å². The molecular formula is C15H26N2O. The molecule has 1 N–H and O–H groups in total. The molecule has 1 aromatic carbocycles. The molecular weight excluding hydrogens is 224 g/mol. The lowest BCUT2D eigenvalue weighted by molar-refractivity contribution is 0.289. The first kappa shape index (κ1) is 14.8. The van der Waals surface area contributed by atoms with Gasteiger partial charge in [-0.15, -0.1) is 0 Å². The zero-order valence-electron chi connectivity index (χ0n) is 12.1. The molecule has 102 valence electrons. The van der Waals surface area contributed by atoms with Gasteiger partial charge in [0.2, 0.25) is 0 Å². The van der Waals surface area contributed by atoms with Gasteiger partial charge in [0.25, 0.3) is 0 Å². The van der Waals surface area contributed by atoms with Crippen LogP contribution in [0.25, 0.3) is 0 Å². The minimum atomic E-state index is 0.692. The molecule has 0 aromatic heterocycles. The quantitative estimate of drug-likeness (QED) is 0.767. The summed E-state index contributed by atoms with van der Waals surface area (Å²) in [5, 5.41) is 3.38. The van der Waals surface area contributed by atoms with Crippen molar-refractivity contribution in [3.8, 4) is 5.75 Å². The average molecular weight is 250 g/mol. The van der Waals surface area contributed by atoms with Crippen LogP contribution in [0.2, 0.25) is 0 Å². The van der Waals surface area contributed by atoms with Crippen molar-refractivity contribution in [2.75, 3.05) is 39.1 Å². The zero-order chi connectivity index (χ0) is 13.4.